The summed E-state index contributed by atoms with van der Waals surface area (Å²) in [6.45, 7) is 1.19. The second-order valence-electron chi connectivity index (χ2n) is 7.40. The fraction of sp³-hybridized carbons (Fsp3) is 0.556. The number of halogens is 3. The highest BCUT2D eigenvalue weighted by Crippen LogP contribution is 2.72. The Bertz CT molecular complexity index is 813. The number of rotatable bonds is 7. The molecule has 1 aliphatic heterocycles. The van der Waals surface area contributed by atoms with Crippen LogP contribution in [0.25, 0.3) is 0 Å². The van der Waals surface area contributed by atoms with Gasteiger partial charge in [0.1, 0.15) is 6.04 Å². The molecule has 0 aromatic rings. The van der Waals surface area contributed by atoms with Crippen molar-refractivity contribution in [2.24, 2.45) is 16.7 Å². The van der Waals surface area contributed by atoms with E-state index in [1.165, 1.54) is 0 Å². The van der Waals surface area contributed by atoms with E-state index in [-0.39, 0.29) is 13.0 Å². The van der Waals surface area contributed by atoms with Crippen LogP contribution in [0.1, 0.15) is 20.3 Å². The van der Waals surface area contributed by atoms with Crippen LogP contribution in [0.5, 0.6) is 0 Å². The standard InChI is InChI=1S/C18H19F3N2O6/c1-4-7-23-10(13(25)22-15(23)28)8-17(14(26)27)11(16(17,2)3)5-6-12(24)29-9-18(19,20)21/h1,5-6,10-11H,7-9H2,2-3H3,(H,26,27)(H,22,25,28)/b6-5-/t10?,11-,17+/m1/s1. The van der Waals surface area contributed by atoms with Gasteiger partial charge in [0.2, 0.25) is 0 Å². The molecule has 1 unspecified atom stereocenters. The molecule has 3 amide bonds. The number of carbonyl (C=O) groups is 4. The fourth-order valence-electron chi connectivity index (χ4n) is 3.89. The van der Waals surface area contributed by atoms with Gasteiger partial charge in [-0.25, -0.2) is 9.59 Å². The molecular formula is C18H19F3N2O6. The predicted molar refractivity (Wildman–Crippen MR) is 91.0 cm³/mol. The van der Waals surface area contributed by atoms with Gasteiger partial charge in [-0.2, -0.15) is 13.2 Å². The van der Waals surface area contributed by atoms with E-state index in [1.54, 1.807) is 13.8 Å². The lowest BCUT2D eigenvalue weighted by Gasteiger charge is -2.24. The quantitative estimate of drug-likeness (QED) is 0.280. The van der Waals surface area contributed by atoms with Gasteiger partial charge < -0.3 is 14.7 Å². The van der Waals surface area contributed by atoms with Gasteiger partial charge >= 0.3 is 24.1 Å². The van der Waals surface area contributed by atoms with Crippen LogP contribution in [0, 0.1) is 29.1 Å². The summed E-state index contributed by atoms with van der Waals surface area (Å²) in [7, 11) is 0. The molecule has 1 heterocycles. The smallest absolute Gasteiger partial charge is 0.422 e. The van der Waals surface area contributed by atoms with Crippen LogP contribution < -0.4 is 5.32 Å². The average Bonchev–Trinajstić information content (AvgIpc) is 2.94. The number of carbonyl (C=O) groups excluding carboxylic acids is 3. The van der Waals surface area contributed by atoms with Gasteiger partial charge in [-0.3, -0.25) is 14.9 Å². The van der Waals surface area contributed by atoms with Gasteiger partial charge in [0.25, 0.3) is 5.91 Å². The molecule has 3 atom stereocenters. The first kappa shape index (κ1) is 22.3. The van der Waals surface area contributed by atoms with Gasteiger partial charge in [-0.15, -0.1) is 6.42 Å². The molecule has 1 saturated carbocycles. The Hall–Kier alpha value is -3.03. The normalized spacial score (nSPS) is 28.2. The van der Waals surface area contributed by atoms with E-state index in [4.69, 9.17) is 6.42 Å². The maximum Gasteiger partial charge on any atom is 0.422 e. The first-order chi connectivity index (χ1) is 13.3. The SMILES string of the molecule is C#CCN1C(=O)NC(=O)C1C[C@@]1(C(=O)O)[C@H](/C=C\C(=O)OCC(F)(F)F)C1(C)C. The van der Waals surface area contributed by atoms with Crippen molar-refractivity contribution in [3.63, 3.8) is 0 Å². The highest BCUT2D eigenvalue weighted by Gasteiger charge is 2.75. The van der Waals surface area contributed by atoms with Crippen molar-refractivity contribution in [2.45, 2.75) is 32.5 Å². The van der Waals surface area contributed by atoms with Crippen molar-refractivity contribution in [1.29, 1.82) is 0 Å². The van der Waals surface area contributed by atoms with Crippen LogP contribution in [0.15, 0.2) is 12.2 Å². The summed E-state index contributed by atoms with van der Waals surface area (Å²) < 4.78 is 40.4. The zero-order chi connectivity index (χ0) is 22.2. The molecule has 0 aromatic carbocycles. The lowest BCUT2D eigenvalue weighted by molar-refractivity contribution is -0.182. The number of terminal acetylenes is 1. The molecular weight excluding hydrogens is 397 g/mol. The van der Waals surface area contributed by atoms with Crippen LogP contribution in [0.4, 0.5) is 18.0 Å². The molecule has 29 heavy (non-hydrogen) atoms. The van der Waals surface area contributed by atoms with Crippen LogP contribution in [0.2, 0.25) is 0 Å². The number of nitrogens with one attached hydrogen (secondary N) is 1. The number of hydrogen-bond acceptors (Lipinski definition) is 5. The Balaban J connectivity index is 2.21. The summed E-state index contributed by atoms with van der Waals surface area (Å²) in [4.78, 5) is 48.6. The van der Waals surface area contributed by atoms with Crippen molar-refractivity contribution in [1.82, 2.24) is 10.2 Å². The zero-order valence-corrected chi connectivity index (χ0v) is 15.6. The van der Waals surface area contributed by atoms with E-state index in [1.807, 2.05) is 0 Å². The third kappa shape index (κ3) is 4.06. The molecule has 0 radical (unpaired) electrons. The molecule has 2 aliphatic rings. The van der Waals surface area contributed by atoms with Crippen molar-refractivity contribution in [2.75, 3.05) is 13.2 Å². The number of amides is 3. The summed E-state index contributed by atoms with van der Waals surface area (Å²) in [6, 6.07) is -1.86. The van der Waals surface area contributed by atoms with E-state index < -0.39 is 59.4 Å². The fourth-order valence-corrected chi connectivity index (χ4v) is 3.89. The monoisotopic (exact) mass is 416 g/mol. The van der Waals surface area contributed by atoms with Gasteiger partial charge in [0.05, 0.1) is 12.0 Å². The number of aliphatic carboxylic acids is 1. The first-order valence-corrected chi connectivity index (χ1v) is 8.48. The lowest BCUT2D eigenvalue weighted by Crippen LogP contribution is -2.40. The highest BCUT2D eigenvalue weighted by atomic mass is 19.4. The molecule has 158 valence electrons. The summed E-state index contributed by atoms with van der Waals surface area (Å²) in [5.74, 6) is -1.80. The van der Waals surface area contributed by atoms with Crippen LogP contribution >= 0.6 is 0 Å². The van der Waals surface area contributed by atoms with E-state index in [0.29, 0.717) is 0 Å². The Morgan fingerprint density at radius 1 is 1.38 bits per heavy atom. The lowest BCUT2D eigenvalue weighted by atomic mass is 9.88. The van der Waals surface area contributed by atoms with Crippen molar-refractivity contribution in [3.8, 4) is 12.3 Å². The van der Waals surface area contributed by atoms with Gasteiger partial charge in [0.15, 0.2) is 6.61 Å². The van der Waals surface area contributed by atoms with E-state index in [2.05, 4.69) is 16.0 Å². The zero-order valence-electron chi connectivity index (χ0n) is 15.6. The molecule has 0 bridgehead atoms. The minimum Gasteiger partial charge on any atom is -0.481 e. The van der Waals surface area contributed by atoms with Crippen molar-refractivity contribution >= 4 is 23.9 Å². The number of alkyl halides is 3. The molecule has 2 fully saturated rings. The van der Waals surface area contributed by atoms with Gasteiger partial charge in [-0.05, 0) is 11.8 Å². The Kier molecular flexibility index (Phi) is 5.70. The number of ether oxygens (including phenoxy) is 1. The number of imide groups is 1. The van der Waals surface area contributed by atoms with Crippen molar-refractivity contribution in [3.05, 3.63) is 12.2 Å². The number of carboxylic acid groups (broad SMARTS) is 1. The minimum absolute atomic E-state index is 0.206. The number of carboxylic acids is 1. The highest BCUT2D eigenvalue weighted by molar-refractivity contribution is 6.04. The number of allylic oxidation sites excluding steroid dienone is 1. The summed E-state index contributed by atoms with van der Waals surface area (Å²) in [5, 5.41) is 11.9. The molecule has 2 N–H and O–H groups in total. The number of hydrogen-bond donors (Lipinski definition) is 2. The summed E-state index contributed by atoms with van der Waals surface area (Å²) in [5.41, 5.74) is -2.49. The Morgan fingerprint density at radius 3 is 2.52 bits per heavy atom. The van der Waals surface area contributed by atoms with E-state index >= 15 is 0 Å². The van der Waals surface area contributed by atoms with Crippen LogP contribution in [0.3, 0.4) is 0 Å². The number of esters is 1. The third-order valence-corrected chi connectivity index (χ3v) is 5.51. The molecule has 1 aliphatic carbocycles. The summed E-state index contributed by atoms with van der Waals surface area (Å²) in [6.07, 6.45) is 2.13. The van der Waals surface area contributed by atoms with Crippen LogP contribution in [-0.2, 0) is 19.1 Å². The second kappa shape index (κ2) is 7.42. The molecule has 0 aromatic heterocycles. The predicted octanol–water partition coefficient (Wildman–Crippen LogP) is 1.32. The largest absolute Gasteiger partial charge is 0.481 e. The average molecular weight is 416 g/mol. The molecule has 2 rings (SSSR count). The topological polar surface area (TPSA) is 113 Å². The van der Waals surface area contributed by atoms with Gasteiger partial charge in [0, 0.05) is 12.0 Å². The van der Waals surface area contributed by atoms with Crippen LogP contribution in [-0.4, -0.2) is 59.3 Å². The Labute approximate surface area is 164 Å². The third-order valence-electron chi connectivity index (χ3n) is 5.51. The van der Waals surface area contributed by atoms with E-state index in [0.717, 1.165) is 17.1 Å². The van der Waals surface area contributed by atoms with E-state index in [9.17, 15) is 37.5 Å². The maximum atomic E-state index is 12.1. The first-order valence-electron chi connectivity index (χ1n) is 8.48. The molecule has 0 spiro atoms. The number of nitrogens with zero attached hydrogens (tertiary/aromatic N) is 1. The molecule has 11 heteroatoms. The van der Waals surface area contributed by atoms with Gasteiger partial charge in [-0.1, -0.05) is 25.8 Å². The second-order valence-corrected chi connectivity index (χ2v) is 7.40. The number of urea groups is 1. The molecule has 1 saturated heterocycles. The maximum absolute atomic E-state index is 12.1. The van der Waals surface area contributed by atoms with Crippen molar-refractivity contribution < 1.29 is 42.2 Å². The minimum atomic E-state index is -4.68. The molecule has 8 nitrogen and oxygen atoms in total. The summed E-state index contributed by atoms with van der Waals surface area (Å²) >= 11 is 0. The Morgan fingerprint density at radius 2 is 2.00 bits per heavy atom.